The predicted octanol–water partition coefficient (Wildman–Crippen LogP) is 4.34. The molecule has 0 aliphatic heterocycles. The Hall–Kier alpha value is -4.20. The third-order valence-electron chi connectivity index (χ3n) is 4.64. The van der Waals surface area contributed by atoms with Gasteiger partial charge in [-0.05, 0) is 48.5 Å². The number of hydrogen-bond donors (Lipinski definition) is 1. The van der Waals surface area contributed by atoms with E-state index in [1.54, 1.807) is 23.9 Å². The molecule has 0 bridgehead atoms. The number of carbonyl (C=O) groups excluding carboxylic acids is 1. The zero-order valence-corrected chi connectivity index (χ0v) is 16.9. The summed E-state index contributed by atoms with van der Waals surface area (Å²) in [6, 6.07) is 18.5. The van der Waals surface area contributed by atoms with Gasteiger partial charge in [-0.1, -0.05) is 17.3 Å². The number of halogens is 1. The van der Waals surface area contributed by atoms with E-state index in [0.29, 0.717) is 11.4 Å². The van der Waals surface area contributed by atoms with Gasteiger partial charge in [0.2, 0.25) is 0 Å². The van der Waals surface area contributed by atoms with E-state index in [0.717, 1.165) is 23.1 Å². The van der Waals surface area contributed by atoms with Crippen LogP contribution >= 0.6 is 0 Å². The Bertz CT molecular complexity index is 1200. The molecule has 0 saturated carbocycles. The smallest absolute Gasteiger partial charge is 0.255 e. The predicted molar refractivity (Wildman–Crippen MR) is 114 cm³/mol. The molecule has 7 nitrogen and oxygen atoms in total. The molecule has 3 aromatic carbocycles. The third-order valence-corrected chi connectivity index (χ3v) is 4.64. The number of ether oxygens (including phenoxy) is 2. The highest BCUT2D eigenvalue weighted by Crippen LogP contribution is 2.22. The molecule has 0 spiro atoms. The van der Waals surface area contributed by atoms with Crippen LogP contribution in [0.2, 0.25) is 0 Å². The van der Waals surface area contributed by atoms with Gasteiger partial charge in [-0.15, -0.1) is 5.10 Å². The fourth-order valence-corrected chi connectivity index (χ4v) is 3.00. The number of hydrogen-bond acceptors (Lipinski definition) is 5. The zero-order chi connectivity index (χ0) is 21.8. The molecule has 0 fully saturated rings. The summed E-state index contributed by atoms with van der Waals surface area (Å²) in [5.41, 5.74) is 3.12. The molecule has 0 atom stereocenters. The molecule has 1 amide bonds. The highest BCUT2D eigenvalue weighted by atomic mass is 19.1. The molecular weight excluding hydrogens is 399 g/mol. The molecule has 156 valence electrons. The van der Waals surface area contributed by atoms with E-state index in [4.69, 9.17) is 9.47 Å². The Labute approximate surface area is 178 Å². The zero-order valence-electron chi connectivity index (χ0n) is 16.9. The van der Waals surface area contributed by atoms with Crippen LogP contribution in [0.3, 0.4) is 0 Å². The molecule has 0 radical (unpaired) electrons. The van der Waals surface area contributed by atoms with E-state index in [9.17, 15) is 9.18 Å². The highest BCUT2D eigenvalue weighted by Gasteiger charge is 2.11. The van der Waals surface area contributed by atoms with Gasteiger partial charge in [0.1, 0.15) is 23.0 Å². The van der Waals surface area contributed by atoms with E-state index in [1.165, 1.54) is 19.2 Å². The van der Waals surface area contributed by atoms with Crippen molar-refractivity contribution in [3.63, 3.8) is 0 Å². The molecule has 1 heterocycles. The van der Waals surface area contributed by atoms with E-state index >= 15 is 0 Å². The maximum atomic E-state index is 13.6. The number of benzene rings is 3. The molecule has 4 rings (SSSR count). The lowest BCUT2D eigenvalue weighted by molar-refractivity contribution is 0.102. The SMILES string of the molecule is COc1ccc(-n2cc(-c3ccc(NC(=O)c4cc(F)cc(OC)c4)cc3)nn2)cc1. The van der Waals surface area contributed by atoms with Gasteiger partial charge in [0.25, 0.3) is 5.91 Å². The average Bonchev–Trinajstić information content (AvgIpc) is 3.29. The van der Waals surface area contributed by atoms with Crippen molar-refractivity contribution in [2.45, 2.75) is 0 Å². The summed E-state index contributed by atoms with van der Waals surface area (Å²) >= 11 is 0. The summed E-state index contributed by atoms with van der Waals surface area (Å²) in [6.07, 6.45) is 1.81. The van der Waals surface area contributed by atoms with Gasteiger partial charge in [0, 0.05) is 22.9 Å². The Morgan fingerprint density at radius 2 is 1.65 bits per heavy atom. The number of rotatable bonds is 6. The first-order chi connectivity index (χ1) is 15.1. The fourth-order valence-electron chi connectivity index (χ4n) is 3.00. The summed E-state index contributed by atoms with van der Waals surface area (Å²) in [7, 11) is 3.03. The second-order valence-corrected chi connectivity index (χ2v) is 6.66. The summed E-state index contributed by atoms with van der Waals surface area (Å²) in [5, 5.41) is 11.1. The lowest BCUT2D eigenvalue weighted by atomic mass is 10.1. The van der Waals surface area contributed by atoms with Gasteiger partial charge in [-0.2, -0.15) is 0 Å². The largest absolute Gasteiger partial charge is 0.497 e. The van der Waals surface area contributed by atoms with Crippen molar-refractivity contribution in [2.75, 3.05) is 19.5 Å². The first-order valence-corrected chi connectivity index (χ1v) is 9.39. The molecule has 0 unspecified atom stereocenters. The normalized spacial score (nSPS) is 10.5. The van der Waals surface area contributed by atoms with Crippen molar-refractivity contribution in [3.8, 4) is 28.4 Å². The Morgan fingerprint density at radius 1 is 0.935 bits per heavy atom. The minimum Gasteiger partial charge on any atom is -0.497 e. The first-order valence-electron chi connectivity index (χ1n) is 9.39. The minimum atomic E-state index is -0.542. The number of nitrogens with one attached hydrogen (secondary N) is 1. The van der Waals surface area contributed by atoms with Gasteiger partial charge in [0.15, 0.2) is 0 Å². The average molecular weight is 418 g/mol. The van der Waals surface area contributed by atoms with E-state index in [1.807, 2.05) is 42.6 Å². The molecule has 1 aromatic heterocycles. The van der Waals surface area contributed by atoms with E-state index in [-0.39, 0.29) is 11.3 Å². The van der Waals surface area contributed by atoms with Crippen molar-refractivity contribution in [3.05, 3.63) is 84.3 Å². The van der Waals surface area contributed by atoms with Crippen molar-refractivity contribution in [2.24, 2.45) is 0 Å². The lowest BCUT2D eigenvalue weighted by Crippen LogP contribution is -2.12. The van der Waals surface area contributed by atoms with Crippen LogP contribution in [0, 0.1) is 5.82 Å². The third kappa shape index (κ3) is 4.53. The standard InChI is InChI=1S/C23H19FN4O3/c1-30-20-9-7-19(8-10-20)28-14-22(26-27-28)15-3-5-18(6-4-15)25-23(29)16-11-17(24)13-21(12-16)31-2/h3-14H,1-2H3,(H,25,29). The van der Waals surface area contributed by atoms with Crippen LogP contribution in [-0.4, -0.2) is 35.1 Å². The van der Waals surface area contributed by atoms with Crippen LogP contribution < -0.4 is 14.8 Å². The molecule has 1 N–H and O–H groups in total. The Kier molecular flexibility index (Phi) is 5.61. The summed E-state index contributed by atoms with van der Waals surface area (Å²) in [4.78, 5) is 12.4. The molecule has 0 aliphatic rings. The van der Waals surface area contributed by atoms with Crippen LogP contribution in [-0.2, 0) is 0 Å². The second-order valence-electron chi connectivity index (χ2n) is 6.66. The highest BCUT2D eigenvalue weighted by molar-refractivity contribution is 6.04. The molecular formula is C23H19FN4O3. The van der Waals surface area contributed by atoms with Gasteiger partial charge in [-0.25, -0.2) is 9.07 Å². The molecule has 0 aliphatic carbocycles. The molecule has 8 heteroatoms. The van der Waals surface area contributed by atoms with E-state index in [2.05, 4.69) is 15.6 Å². The monoisotopic (exact) mass is 418 g/mol. The van der Waals surface area contributed by atoms with Gasteiger partial charge >= 0.3 is 0 Å². The maximum Gasteiger partial charge on any atom is 0.255 e. The number of methoxy groups -OCH3 is 2. The fraction of sp³-hybridized carbons (Fsp3) is 0.0870. The van der Waals surface area contributed by atoms with Crippen LogP contribution in [0.4, 0.5) is 10.1 Å². The minimum absolute atomic E-state index is 0.170. The number of nitrogens with zero attached hydrogens (tertiary/aromatic N) is 3. The summed E-state index contributed by atoms with van der Waals surface area (Å²) < 4.78 is 25.5. The van der Waals surface area contributed by atoms with Crippen molar-refractivity contribution < 1.29 is 18.7 Å². The second kappa shape index (κ2) is 8.66. The Balaban J connectivity index is 1.48. The van der Waals surface area contributed by atoms with Crippen LogP contribution in [0.5, 0.6) is 11.5 Å². The molecule has 4 aromatic rings. The van der Waals surface area contributed by atoms with Crippen LogP contribution in [0.1, 0.15) is 10.4 Å². The number of carbonyl (C=O) groups is 1. The van der Waals surface area contributed by atoms with Gasteiger partial charge in [-0.3, -0.25) is 4.79 Å². The lowest BCUT2D eigenvalue weighted by Gasteiger charge is -2.08. The molecule has 0 saturated heterocycles. The summed E-state index contributed by atoms with van der Waals surface area (Å²) in [5.74, 6) is 0.0645. The Morgan fingerprint density at radius 3 is 2.32 bits per heavy atom. The van der Waals surface area contributed by atoms with Crippen molar-refractivity contribution >= 4 is 11.6 Å². The molecule has 31 heavy (non-hydrogen) atoms. The summed E-state index contributed by atoms with van der Waals surface area (Å²) in [6.45, 7) is 0. The maximum absolute atomic E-state index is 13.6. The number of aromatic nitrogens is 3. The number of amides is 1. The van der Waals surface area contributed by atoms with Crippen molar-refractivity contribution in [1.82, 2.24) is 15.0 Å². The van der Waals surface area contributed by atoms with Gasteiger partial charge < -0.3 is 14.8 Å². The van der Waals surface area contributed by atoms with E-state index < -0.39 is 11.7 Å². The quantitative estimate of drug-likeness (QED) is 0.504. The first kappa shape index (κ1) is 20.1. The topological polar surface area (TPSA) is 78.3 Å². The van der Waals surface area contributed by atoms with Crippen molar-refractivity contribution in [1.29, 1.82) is 0 Å². The number of anilines is 1. The van der Waals surface area contributed by atoms with Crippen LogP contribution in [0.25, 0.3) is 16.9 Å². The van der Waals surface area contributed by atoms with Crippen LogP contribution in [0.15, 0.2) is 72.9 Å². The van der Waals surface area contributed by atoms with Gasteiger partial charge in [0.05, 0.1) is 26.1 Å².